The van der Waals surface area contributed by atoms with Crippen molar-refractivity contribution in [2.45, 2.75) is 19.9 Å². The quantitative estimate of drug-likeness (QED) is 0.765. The van der Waals surface area contributed by atoms with Crippen molar-refractivity contribution in [1.82, 2.24) is 9.88 Å². The Bertz CT molecular complexity index is 246. The molecule has 0 fully saturated rings. The van der Waals surface area contributed by atoms with E-state index in [4.69, 9.17) is 5.11 Å². The zero-order valence-electron chi connectivity index (χ0n) is 8.20. The largest absolute Gasteiger partial charge is 0.506 e. The zero-order chi connectivity index (χ0) is 9.68. The summed E-state index contributed by atoms with van der Waals surface area (Å²) < 4.78 is 0. The molecule has 0 unspecified atom stereocenters. The highest BCUT2D eigenvalue weighted by Crippen LogP contribution is 2.07. The molecule has 0 radical (unpaired) electrons. The lowest BCUT2D eigenvalue weighted by atomic mass is 10.3. The van der Waals surface area contributed by atoms with Crippen molar-refractivity contribution in [3.05, 3.63) is 24.0 Å². The Hall–Kier alpha value is -1.09. The van der Waals surface area contributed by atoms with E-state index in [1.807, 2.05) is 6.07 Å². The van der Waals surface area contributed by atoms with Gasteiger partial charge in [0.05, 0.1) is 11.9 Å². The molecule has 1 aromatic rings. The molecule has 0 aromatic carbocycles. The van der Waals surface area contributed by atoms with Crippen molar-refractivity contribution in [2.75, 3.05) is 13.6 Å². The lowest BCUT2D eigenvalue weighted by molar-refractivity contribution is 0.323. The second-order valence-electron chi connectivity index (χ2n) is 3.25. The van der Waals surface area contributed by atoms with Crippen molar-refractivity contribution in [3.63, 3.8) is 0 Å². The van der Waals surface area contributed by atoms with Gasteiger partial charge in [-0.15, -0.1) is 0 Å². The molecule has 0 aliphatic rings. The van der Waals surface area contributed by atoms with E-state index in [1.54, 1.807) is 6.07 Å². The summed E-state index contributed by atoms with van der Waals surface area (Å²) >= 11 is 0. The van der Waals surface area contributed by atoms with Crippen LogP contribution in [0.2, 0.25) is 0 Å². The molecule has 3 nitrogen and oxygen atoms in total. The highest BCUT2D eigenvalue weighted by atomic mass is 16.3. The molecule has 0 atom stereocenters. The summed E-state index contributed by atoms with van der Waals surface area (Å²) in [7, 11) is 2.07. The molecule has 0 aliphatic heterocycles. The van der Waals surface area contributed by atoms with Gasteiger partial charge in [0.2, 0.25) is 0 Å². The van der Waals surface area contributed by atoms with E-state index in [-0.39, 0.29) is 5.75 Å². The third-order valence-electron chi connectivity index (χ3n) is 1.85. The first-order chi connectivity index (χ1) is 6.22. The number of pyridine rings is 1. The minimum atomic E-state index is 0.224. The van der Waals surface area contributed by atoms with Gasteiger partial charge in [0, 0.05) is 6.54 Å². The van der Waals surface area contributed by atoms with Crippen LogP contribution in [-0.4, -0.2) is 28.6 Å². The maximum atomic E-state index is 9.02. The first-order valence-corrected chi connectivity index (χ1v) is 4.55. The van der Waals surface area contributed by atoms with E-state index in [0.717, 1.165) is 25.2 Å². The Balaban J connectivity index is 2.49. The molecule has 1 heterocycles. The van der Waals surface area contributed by atoms with Gasteiger partial charge in [0.25, 0.3) is 0 Å². The Kier molecular flexibility index (Phi) is 3.71. The van der Waals surface area contributed by atoms with Crippen LogP contribution in [0.4, 0.5) is 0 Å². The van der Waals surface area contributed by atoms with Gasteiger partial charge in [-0.3, -0.25) is 4.98 Å². The monoisotopic (exact) mass is 180 g/mol. The fourth-order valence-electron chi connectivity index (χ4n) is 1.25. The Morgan fingerprint density at radius 2 is 2.23 bits per heavy atom. The van der Waals surface area contributed by atoms with E-state index in [0.29, 0.717) is 0 Å². The first-order valence-electron chi connectivity index (χ1n) is 4.55. The smallest absolute Gasteiger partial charge is 0.133 e. The van der Waals surface area contributed by atoms with Crippen LogP contribution in [0.25, 0.3) is 0 Å². The number of nitrogens with zero attached hydrogens (tertiary/aromatic N) is 2. The third kappa shape index (κ3) is 3.42. The van der Waals surface area contributed by atoms with Crippen LogP contribution in [0.15, 0.2) is 18.3 Å². The van der Waals surface area contributed by atoms with E-state index < -0.39 is 0 Å². The Labute approximate surface area is 79.0 Å². The average molecular weight is 180 g/mol. The molecule has 3 heteroatoms. The highest BCUT2D eigenvalue weighted by Gasteiger charge is 1.99. The van der Waals surface area contributed by atoms with Gasteiger partial charge < -0.3 is 10.0 Å². The van der Waals surface area contributed by atoms with Crippen molar-refractivity contribution in [3.8, 4) is 5.75 Å². The number of aromatic hydroxyl groups is 1. The summed E-state index contributed by atoms with van der Waals surface area (Å²) in [5.74, 6) is 0.224. The summed E-state index contributed by atoms with van der Waals surface area (Å²) in [6.07, 6.45) is 2.63. The maximum Gasteiger partial charge on any atom is 0.133 e. The number of rotatable bonds is 4. The number of hydrogen-bond donors (Lipinski definition) is 1. The molecule has 72 valence electrons. The molecule has 0 saturated carbocycles. The first kappa shape index (κ1) is 9.99. The molecule has 1 aromatic heterocycles. The molecule has 0 spiro atoms. The molecular formula is C10H16N2O. The van der Waals surface area contributed by atoms with Crippen molar-refractivity contribution in [1.29, 1.82) is 0 Å². The fraction of sp³-hybridized carbons (Fsp3) is 0.500. The predicted molar refractivity (Wildman–Crippen MR) is 52.5 cm³/mol. The lowest BCUT2D eigenvalue weighted by Crippen LogP contribution is -2.18. The molecule has 1 N–H and O–H groups in total. The summed E-state index contributed by atoms with van der Waals surface area (Å²) in [6, 6.07) is 3.52. The second kappa shape index (κ2) is 4.82. The third-order valence-corrected chi connectivity index (χ3v) is 1.85. The van der Waals surface area contributed by atoms with E-state index in [2.05, 4.69) is 23.9 Å². The lowest BCUT2D eigenvalue weighted by Gasteiger charge is -2.14. The van der Waals surface area contributed by atoms with Crippen LogP contribution in [-0.2, 0) is 6.54 Å². The van der Waals surface area contributed by atoms with Crippen molar-refractivity contribution in [2.24, 2.45) is 0 Å². The van der Waals surface area contributed by atoms with Gasteiger partial charge in [-0.05, 0) is 32.1 Å². The number of hydrogen-bond acceptors (Lipinski definition) is 3. The van der Waals surface area contributed by atoms with E-state index in [9.17, 15) is 0 Å². The Morgan fingerprint density at radius 1 is 1.46 bits per heavy atom. The van der Waals surface area contributed by atoms with E-state index >= 15 is 0 Å². The van der Waals surface area contributed by atoms with Crippen LogP contribution in [0.1, 0.15) is 19.0 Å². The number of aromatic nitrogens is 1. The Morgan fingerprint density at radius 3 is 2.77 bits per heavy atom. The van der Waals surface area contributed by atoms with Crippen LogP contribution >= 0.6 is 0 Å². The van der Waals surface area contributed by atoms with Crippen LogP contribution in [0, 0.1) is 0 Å². The average Bonchev–Trinajstić information content (AvgIpc) is 2.09. The predicted octanol–water partition coefficient (Wildman–Crippen LogP) is 1.63. The molecular weight excluding hydrogens is 164 g/mol. The van der Waals surface area contributed by atoms with Crippen molar-refractivity contribution < 1.29 is 5.11 Å². The summed E-state index contributed by atoms with van der Waals surface area (Å²) in [5, 5.41) is 9.02. The minimum absolute atomic E-state index is 0.224. The molecule has 0 saturated heterocycles. The van der Waals surface area contributed by atoms with Crippen LogP contribution in [0.5, 0.6) is 5.75 Å². The summed E-state index contributed by atoms with van der Waals surface area (Å²) in [5.41, 5.74) is 0.994. The summed E-state index contributed by atoms with van der Waals surface area (Å²) in [4.78, 5) is 6.32. The SMILES string of the molecule is CCCN(C)Cc1ccc(O)cn1. The van der Waals surface area contributed by atoms with Crippen LogP contribution < -0.4 is 0 Å². The molecule has 0 bridgehead atoms. The summed E-state index contributed by atoms with van der Waals surface area (Å²) in [6.45, 7) is 4.07. The van der Waals surface area contributed by atoms with Gasteiger partial charge in [-0.2, -0.15) is 0 Å². The van der Waals surface area contributed by atoms with Crippen LogP contribution in [0.3, 0.4) is 0 Å². The van der Waals surface area contributed by atoms with Gasteiger partial charge >= 0.3 is 0 Å². The van der Waals surface area contributed by atoms with E-state index in [1.165, 1.54) is 6.20 Å². The normalized spacial score (nSPS) is 10.7. The van der Waals surface area contributed by atoms with Crippen molar-refractivity contribution >= 4 is 0 Å². The molecule has 0 amide bonds. The van der Waals surface area contributed by atoms with Gasteiger partial charge in [0.15, 0.2) is 0 Å². The zero-order valence-corrected chi connectivity index (χ0v) is 8.20. The highest BCUT2D eigenvalue weighted by molar-refractivity contribution is 5.17. The standard InChI is InChI=1S/C10H16N2O/c1-3-6-12(2)8-9-4-5-10(13)7-11-9/h4-5,7,13H,3,6,8H2,1-2H3. The van der Waals surface area contributed by atoms with Gasteiger partial charge in [-0.1, -0.05) is 6.92 Å². The van der Waals surface area contributed by atoms with Gasteiger partial charge in [-0.25, -0.2) is 0 Å². The topological polar surface area (TPSA) is 36.4 Å². The second-order valence-corrected chi connectivity index (χ2v) is 3.25. The molecule has 0 aliphatic carbocycles. The fourth-order valence-corrected chi connectivity index (χ4v) is 1.25. The minimum Gasteiger partial charge on any atom is -0.506 e. The molecule has 1 rings (SSSR count). The molecule has 13 heavy (non-hydrogen) atoms. The maximum absolute atomic E-state index is 9.02. The van der Waals surface area contributed by atoms with Gasteiger partial charge in [0.1, 0.15) is 5.75 Å².